The number of nitrogens with zero attached hydrogens (tertiary/aromatic N) is 3. The molecule has 0 unspecified atom stereocenters. The summed E-state index contributed by atoms with van der Waals surface area (Å²) in [6.07, 6.45) is 0.951. The first-order valence-electron chi connectivity index (χ1n) is 7.00. The molecule has 6 heteroatoms. The Morgan fingerprint density at radius 2 is 2.09 bits per heavy atom. The maximum absolute atomic E-state index is 10.6. The van der Waals surface area contributed by atoms with E-state index in [1.807, 2.05) is 31.6 Å². The highest BCUT2D eigenvalue weighted by molar-refractivity contribution is 7.14. The second-order valence-corrected chi connectivity index (χ2v) is 6.52. The van der Waals surface area contributed by atoms with Crippen LogP contribution in [0.5, 0.6) is 0 Å². The monoisotopic (exact) mass is 315 g/mol. The highest BCUT2D eigenvalue weighted by Gasteiger charge is 2.13. The third-order valence-electron chi connectivity index (χ3n) is 3.38. The van der Waals surface area contributed by atoms with Gasteiger partial charge in [-0.15, -0.1) is 11.3 Å². The molecule has 5 nitrogen and oxygen atoms in total. The van der Waals surface area contributed by atoms with Crippen molar-refractivity contribution in [2.45, 2.75) is 0 Å². The molecule has 0 aliphatic heterocycles. The standard InChI is InChI=1S/C16H19N4OS/c1-20(2,9-10-21)8-7-18-16-19-15(12-22-16)14-5-3-13(11-17)4-6-14/h3-6,10,12H,7-9H2,1-2H3,(H,18,19)/q+1. The average molecular weight is 315 g/mol. The summed E-state index contributed by atoms with van der Waals surface area (Å²) in [5, 5.41) is 15.0. The van der Waals surface area contributed by atoms with Crippen LogP contribution in [0.1, 0.15) is 5.56 Å². The number of anilines is 1. The zero-order chi connectivity index (χ0) is 16.0. The van der Waals surface area contributed by atoms with E-state index >= 15 is 0 Å². The molecule has 2 aromatic rings. The molecular formula is C16H19N4OS+. The highest BCUT2D eigenvalue weighted by atomic mass is 32.1. The lowest BCUT2D eigenvalue weighted by Gasteiger charge is -2.27. The van der Waals surface area contributed by atoms with Gasteiger partial charge in [-0.1, -0.05) is 12.1 Å². The molecule has 0 fully saturated rings. The van der Waals surface area contributed by atoms with Gasteiger partial charge in [-0.2, -0.15) is 5.26 Å². The van der Waals surface area contributed by atoms with Crippen molar-refractivity contribution < 1.29 is 9.28 Å². The molecule has 0 amide bonds. The number of nitrogens with one attached hydrogen (secondary N) is 1. The zero-order valence-electron chi connectivity index (χ0n) is 12.7. The molecule has 114 valence electrons. The Hall–Kier alpha value is -2.23. The molecule has 0 saturated carbocycles. The van der Waals surface area contributed by atoms with Crippen molar-refractivity contribution in [2.75, 3.05) is 39.0 Å². The lowest BCUT2D eigenvalue weighted by atomic mass is 10.1. The molecule has 0 radical (unpaired) electrons. The van der Waals surface area contributed by atoms with Crippen LogP contribution in [-0.2, 0) is 4.79 Å². The minimum atomic E-state index is 0.510. The third kappa shape index (κ3) is 4.38. The van der Waals surface area contributed by atoms with E-state index in [1.165, 1.54) is 0 Å². The first-order chi connectivity index (χ1) is 10.5. The number of aromatic nitrogens is 1. The molecule has 0 aliphatic carbocycles. The van der Waals surface area contributed by atoms with E-state index < -0.39 is 0 Å². The second kappa shape index (κ2) is 7.16. The van der Waals surface area contributed by atoms with Crippen LogP contribution in [-0.4, -0.2) is 49.5 Å². The summed E-state index contributed by atoms with van der Waals surface area (Å²) in [4.78, 5) is 15.1. The minimum absolute atomic E-state index is 0.510. The summed E-state index contributed by atoms with van der Waals surface area (Å²) in [5.74, 6) is 0. The van der Waals surface area contributed by atoms with Crippen molar-refractivity contribution in [1.29, 1.82) is 5.26 Å². The normalized spacial score (nSPS) is 11.0. The predicted octanol–water partition coefficient (Wildman–Crippen LogP) is 2.37. The smallest absolute Gasteiger partial charge is 0.183 e. The fourth-order valence-corrected chi connectivity index (χ4v) is 2.71. The number of likely N-dealkylation sites (N-methyl/N-ethyl adjacent to an activating group) is 1. The van der Waals surface area contributed by atoms with E-state index in [1.54, 1.807) is 23.5 Å². The van der Waals surface area contributed by atoms with Gasteiger partial charge in [-0.05, 0) is 12.1 Å². The number of carbonyl (C=O) groups excluding carboxylic acids is 1. The van der Waals surface area contributed by atoms with Gasteiger partial charge in [0.15, 0.2) is 11.4 Å². The van der Waals surface area contributed by atoms with Crippen molar-refractivity contribution in [3.63, 3.8) is 0 Å². The van der Waals surface area contributed by atoms with Crippen molar-refractivity contribution in [3.8, 4) is 17.3 Å². The van der Waals surface area contributed by atoms with E-state index in [-0.39, 0.29) is 0 Å². The zero-order valence-corrected chi connectivity index (χ0v) is 13.6. The van der Waals surface area contributed by atoms with Gasteiger partial charge in [0.2, 0.25) is 0 Å². The van der Waals surface area contributed by atoms with Crippen LogP contribution in [0.4, 0.5) is 5.13 Å². The molecule has 1 aromatic carbocycles. The van der Waals surface area contributed by atoms with Gasteiger partial charge < -0.3 is 9.80 Å². The van der Waals surface area contributed by atoms with Crippen LogP contribution >= 0.6 is 11.3 Å². The Balaban J connectivity index is 1.94. The fraction of sp³-hybridized carbons (Fsp3) is 0.312. The van der Waals surface area contributed by atoms with Crippen LogP contribution in [0, 0.1) is 11.3 Å². The number of hydrogen-bond acceptors (Lipinski definition) is 5. The number of hydrogen-bond donors (Lipinski definition) is 1. The first-order valence-corrected chi connectivity index (χ1v) is 7.87. The van der Waals surface area contributed by atoms with Gasteiger partial charge in [0.05, 0.1) is 44.5 Å². The summed E-state index contributed by atoms with van der Waals surface area (Å²) < 4.78 is 0.657. The van der Waals surface area contributed by atoms with Gasteiger partial charge in [-0.3, -0.25) is 4.79 Å². The van der Waals surface area contributed by atoms with E-state index in [2.05, 4.69) is 16.4 Å². The fourth-order valence-electron chi connectivity index (χ4n) is 1.96. The third-order valence-corrected chi connectivity index (χ3v) is 4.18. The summed E-state index contributed by atoms with van der Waals surface area (Å²) in [7, 11) is 4.06. The number of nitriles is 1. The van der Waals surface area contributed by atoms with Gasteiger partial charge in [0.25, 0.3) is 0 Å². The maximum atomic E-state index is 10.6. The Kier molecular flexibility index (Phi) is 5.26. The van der Waals surface area contributed by atoms with Crippen molar-refractivity contribution in [3.05, 3.63) is 35.2 Å². The van der Waals surface area contributed by atoms with Crippen molar-refractivity contribution in [2.24, 2.45) is 0 Å². The molecule has 1 N–H and O–H groups in total. The van der Waals surface area contributed by atoms with E-state index in [0.29, 0.717) is 16.6 Å². The maximum Gasteiger partial charge on any atom is 0.183 e. The van der Waals surface area contributed by atoms with Gasteiger partial charge in [-0.25, -0.2) is 4.98 Å². The predicted molar refractivity (Wildman–Crippen MR) is 88.7 cm³/mol. The van der Waals surface area contributed by atoms with Crippen molar-refractivity contribution >= 4 is 22.8 Å². The van der Waals surface area contributed by atoms with Crippen molar-refractivity contribution in [1.82, 2.24) is 4.98 Å². The Bertz CT molecular complexity index is 670. The Labute approximate surface area is 134 Å². The van der Waals surface area contributed by atoms with Gasteiger partial charge in [0.1, 0.15) is 6.54 Å². The molecule has 1 aromatic heterocycles. The highest BCUT2D eigenvalue weighted by Crippen LogP contribution is 2.24. The quantitative estimate of drug-likeness (QED) is 0.629. The van der Waals surface area contributed by atoms with E-state index in [4.69, 9.17) is 5.26 Å². The van der Waals surface area contributed by atoms with Crippen LogP contribution < -0.4 is 5.32 Å². The molecule has 0 bridgehead atoms. The summed E-state index contributed by atoms with van der Waals surface area (Å²) >= 11 is 1.55. The number of quaternary nitrogens is 1. The lowest BCUT2D eigenvalue weighted by Crippen LogP contribution is -2.44. The van der Waals surface area contributed by atoms with E-state index in [9.17, 15) is 4.79 Å². The molecule has 0 atom stereocenters. The Morgan fingerprint density at radius 1 is 1.36 bits per heavy atom. The van der Waals surface area contributed by atoms with Crippen LogP contribution in [0.15, 0.2) is 29.6 Å². The molecule has 0 saturated heterocycles. The summed E-state index contributed by atoms with van der Waals surface area (Å²) in [6.45, 7) is 2.13. The minimum Gasteiger partial charge on any atom is -0.356 e. The molecule has 0 aliphatic rings. The molecule has 1 heterocycles. The largest absolute Gasteiger partial charge is 0.356 e. The topological polar surface area (TPSA) is 65.8 Å². The summed E-state index contributed by atoms with van der Waals surface area (Å²) in [5.41, 5.74) is 2.55. The van der Waals surface area contributed by atoms with E-state index in [0.717, 1.165) is 35.8 Å². The molecule has 0 spiro atoms. The van der Waals surface area contributed by atoms with Crippen LogP contribution in [0.3, 0.4) is 0 Å². The number of aldehydes is 1. The summed E-state index contributed by atoms with van der Waals surface area (Å²) in [6, 6.07) is 9.50. The average Bonchev–Trinajstić information content (AvgIpc) is 2.96. The van der Waals surface area contributed by atoms with Gasteiger partial charge >= 0.3 is 0 Å². The molecular weight excluding hydrogens is 296 g/mol. The lowest BCUT2D eigenvalue weighted by molar-refractivity contribution is -0.879. The van der Waals surface area contributed by atoms with Crippen LogP contribution in [0.2, 0.25) is 0 Å². The number of carbonyl (C=O) groups is 1. The molecule has 2 rings (SSSR count). The number of thiazole rings is 1. The number of rotatable bonds is 7. The first kappa shape index (κ1) is 16.1. The second-order valence-electron chi connectivity index (χ2n) is 5.66. The SMILES string of the molecule is C[N+](C)(CC=O)CCNc1nc(-c2ccc(C#N)cc2)cs1. The molecule has 22 heavy (non-hydrogen) atoms. The Morgan fingerprint density at radius 3 is 2.73 bits per heavy atom. The van der Waals surface area contributed by atoms with Gasteiger partial charge in [0, 0.05) is 10.9 Å². The number of benzene rings is 1. The van der Waals surface area contributed by atoms with Crippen LogP contribution in [0.25, 0.3) is 11.3 Å².